The summed E-state index contributed by atoms with van der Waals surface area (Å²) in [5.74, 6) is 1.79. The molecule has 1 atom stereocenters. The van der Waals surface area contributed by atoms with Crippen LogP contribution in [0.5, 0.6) is 11.5 Å². The molecule has 0 aromatic heterocycles. The van der Waals surface area contributed by atoms with Crippen LogP contribution in [0.3, 0.4) is 0 Å². The summed E-state index contributed by atoms with van der Waals surface area (Å²) in [5.41, 5.74) is 9.74. The first kappa shape index (κ1) is 13.5. The van der Waals surface area contributed by atoms with Gasteiger partial charge in [-0.15, -0.1) is 0 Å². The van der Waals surface area contributed by atoms with E-state index in [2.05, 4.69) is 22.0 Å². The van der Waals surface area contributed by atoms with E-state index in [0.29, 0.717) is 0 Å². The summed E-state index contributed by atoms with van der Waals surface area (Å²) in [5, 5.41) is 0. The van der Waals surface area contributed by atoms with E-state index in [0.717, 1.165) is 40.1 Å². The van der Waals surface area contributed by atoms with E-state index in [4.69, 9.17) is 15.2 Å². The van der Waals surface area contributed by atoms with Crippen LogP contribution in [-0.2, 0) is 6.42 Å². The molecule has 0 bridgehead atoms. The number of hydrogen-bond acceptors (Lipinski definition) is 3. The number of benzene rings is 2. The van der Waals surface area contributed by atoms with Gasteiger partial charge in [-0.1, -0.05) is 28.1 Å². The van der Waals surface area contributed by atoms with Gasteiger partial charge in [-0.2, -0.15) is 0 Å². The second kappa shape index (κ2) is 5.46. The molecule has 0 radical (unpaired) electrons. The lowest BCUT2D eigenvalue weighted by Crippen LogP contribution is -2.12. The molecule has 0 aliphatic carbocycles. The lowest BCUT2D eigenvalue weighted by molar-refractivity contribution is 0.357. The van der Waals surface area contributed by atoms with Crippen molar-refractivity contribution in [2.75, 3.05) is 13.7 Å². The van der Waals surface area contributed by atoms with Crippen LogP contribution < -0.4 is 15.2 Å². The Labute approximate surface area is 126 Å². The highest BCUT2D eigenvalue weighted by Crippen LogP contribution is 2.33. The van der Waals surface area contributed by atoms with Gasteiger partial charge < -0.3 is 15.2 Å². The zero-order chi connectivity index (χ0) is 14.1. The minimum atomic E-state index is -0.189. The summed E-state index contributed by atoms with van der Waals surface area (Å²) in [7, 11) is 1.66. The fourth-order valence-electron chi connectivity index (χ4n) is 2.47. The molecule has 1 aliphatic heterocycles. The van der Waals surface area contributed by atoms with Crippen molar-refractivity contribution in [3.63, 3.8) is 0 Å². The van der Waals surface area contributed by atoms with Crippen LogP contribution in [0.25, 0.3) is 0 Å². The molecular formula is C16H16BrNO2. The van der Waals surface area contributed by atoms with Gasteiger partial charge in [0.05, 0.1) is 19.8 Å². The molecule has 0 saturated carbocycles. The normalized spacial score (nSPS) is 14.6. The predicted molar refractivity (Wildman–Crippen MR) is 82.4 cm³/mol. The first-order valence-electron chi connectivity index (χ1n) is 6.53. The quantitative estimate of drug-likeness (QED) is 0.935. The summed E-state index contributed by atoms with van der Waals surface area (Å²) in [6.07, 6.45) is 0.954. The van der Waals surface area contributed by atoms with Gasteiger partial charge in [-0.05, 0) is 41.0 Å². The second-order valence-electron chi connectivity index (χ2n) is 4.83. The van der Waals surface area contributed by atoms with Crippen molar-refractivity contribution in [2.45, 2.75) is 12.5 Å². The smallest absolute Gasteiger partial charge is 0.122 e. The second-order valence-corrected chi connectivity index (χ2v) is 5.69. The molecule has 3 nitrogen and oxygen atoms in total. The van der Waals surface area contributed by atoms with Crippen LogP contribution in [0.4, 0.5) is 0 Å². The van der Waals surface area contributed by atoms with Crippen LogP contribution >= 0.6 is 15.9 Å². The van der Waals surface area contributed by atoms with Crippen LogP contribution in [0.2, 0.25) is 0 Å². The van der Waals surface area contributed by atoms with Gasteiger partial charge in [0.15, 0.2) is 0 Å². The Hall–Kier alpha value is -1.52. The Morgan fingerprint density at radius 1 is 1.25 bits per heavy atom. The molecule has 1 aliphatic rings. The number of nitrogens with two attached hydrogens (primary N) is 1. The number of halogens is 1. The number of ether oxygens (including phenoxy) is 2. The fraction of sp³-hybridized carbons (Fsp3) is 0.250. The molecular weight excluding hydrogens is 318 g/mol. The van der Waals surface area contributed by atoms with Crippen LogP contribution in [-0.4, -0.2) is 13.7 Å². The van der Waals surface area contributed by atoms with Gasteiger partial charge in [-0.25, -0.2) is 0 Å². The molecule has 4 heteroatoms. The highest BCUT2D eigenvalue weighted by Gasteiger charge is 2.17. The van der Waals surface area contributed by atoms with Gasteiger partial charge in [0.25, 0.3) is 0 Å². The van der Waals surface area contributed by atoms with E-state index >= 15 is 0 Å². The largest absolute Gasteiger partial charge is 0.497 e. The molecule has 0 amide bonds. The summed E-state index contributed by atoms with van der Waals surface area (Å²) < 4.78 is 11.8. The Morgan fingerprint density at radius 3 is 2.90 bits per heavy atom. The highest BCUT2D eigenvalue weighted by molar-refractivity contribution is 9.10. The van der Waals surface area contributed by atoms with Crippen molar-refractivity contribution in [2.24, 2.45) is 5.73 Å². The topological polar surface area (TPSA) is 44.5 Å². The molecule has 0 spiro atoms. The van der Waals surface area contributed by atoms with Crippen molar-refractivity contribution >= 4 is 15.9 Å². The minimum Gasteiger partial charge on any atom is -0.497 e. The van der Waals surface area contributed by atoms with E-state index in [9.17, 15) is 0 Å². The molecule has 2 N–H and O–H groups in total. The minimum absolute atomic E-state index is 0.189. The maximum Gasteiger partial charge on any atom is 0.122 e. The molecule has 104 valence electrons. The number of fused-ring (bicyclic) bond motifs is 1. The number of hydrogen-bond donors (Lipinski definition) is 1. The molecule has 1 heterocycles. The fourth-order valence-corrected chi connectivity index (χ4v) is 2.96. The first-order valence-corrected chi connectivity index (χ1v) is 7.33. The Balaban J connectivity index is 1.98. The van der Waals surface area contributed by atoms with E-state index in [1.54, 1.807) is 7.11 Å². The molecule has 0 fully saturated rings. The third-order valence-corrected chi connectivity index (χ3v) is 4.33. The van der Waals surface area contributed by atoms with Gasteiger partial charge in [0.1, 0.15) is 11.5 Å². The standard InChI is InChI=1S/C16H16BrNO2/c1-19-12-3-4-14(17)13(9-12)16(18)11-2-5-15-10(8-11)6-7-20-15/h2-5,8-9,16H,6-7,18H2,1H3. The van der Waals surface area contributed by atoms with E-state index in [-0.39, 0.29) is 6.04 Å². The maximum atomic E-state index is 6.41. The summed E-state index contributed by atoms with van der Waals surface area (Å²) in [6.45, 7) is 0.761. The SMILES string of the molecule is COc1ccc(Br)c(C(N)c2ccc3c(c2)CCO3)c1. The first-order chi connectivity index (χ1) is 9.69. The summed E-state index contributed by atoms with van der Waals surface area (Å²) in [4.78, 5) is 0. The lowest BCUT2D eigenvalue weighted by atomic mass is 9.97. The number of rotatable bonds is 3. The van der Waals surface area contributed by atoms with Crippen LogP contribution in [0.15, 0.2) is 40.9 Å². The van der Waals surface area contributed by atoms with E-state index in [1.165, 1.54) is 5.56 Å². The molecule has 2 aromatic rings. The molecule has 2 aromatic carbocycles. The van der Waals surface area contributed by atoms with Crippen molar-refractivity contribution in [3.8, 4) is 11.5 Å². The van der Waals surface area contributed by atoms with Gasteiger partial charge >= 0.3 is 0 Å². The molecule has 20 heavy (non-hydrogen) atoms. The zero-order valence-electron chi connectivity index (χ0n) is 11.2. The Kier molecular flexibility index (Phi) is 3.68. The molecule has 3 rings (SSSR count). The maximum absolute atomic E-state index is 6.41. The average Bonchev–Trinajstić information content (AvgIpc) is 2.94. The van der Waals surface area contributed by atoms with Crippen molar-refractivity contribution < 1.29 is 9.47 Å². The van der Waals surface area contributed by atoms with Crippen LogP contribution in [0.1, 0.15) is 22.7 Å². The Bertz CT molecular complexity index is 642. The van der Waals surface area contributed by atoms with E-state index in [1.807, 2.05) is 30.3 Å². The third-order valence-electron chi connectivity index (χ3n) is 3.61. The van der Waals surface area contributed by atoms with Crippen molar-refractivity contribution in [1.82, 2.24) is 0 Å². The van der Waals surface area contributed by atoms with Gasteiger partial charge in [0.2, 0.25) is 0 Å². The Morgan fingerprint density at radius 2 is 2.10 bits per heavy atom. The van der Waals surface area contributed by atoms with Crippen molar-refractivity contribution in [3.05, 3.63) is 57.6 Å². The summed E-state index contributed by atoms with van der Waals surface area (Å²) in [6, 6.07) is 11.8. The predicted octanol–water partition coefficient (Wildman–Crippen LogP) is 3.44. The summed E-state index contributed by atoms with van der Waals surface area (Å²) >= 11 is 3.56. The van der Waals surface area contributed by atoms with E-state index < -0.39 is 0 Å². The number of methoxy groups -OCH3 is 1. The molecule has 0 saturated heterocycles. The van der Waals surface area contributed by atoms with Crippen LogP contribution in [0, 0.1) is 0 Å². The van der Waals surface area contributed by atoms with Crippen molar-refractivity contribution in [1.29, 1.82) is 0 Å². The third kappa shape index (κ3) is 2.41. The molecule has 1 unspecified atom stereocenters. The van der Waals surface area contributed by atoms with Gasteiger partial charge in [-0.3, -0.25) is 0 Å². The zero-order valence-corrected chi connectivity index (χ0v) is 12.8. The monoisotopic (exact) mass is 333 g/mol. The van der Waals surface area contributed by atoms with Gasteiger partial charge in [0, 0.05) is 10.9 Å². The highest BCUT2D eigenvalue weighted by atomic mass is 79.9. The average molecular weight is 334 g/mol. The lowest BCUT2D eigenvalue weighted by Gasteiger charge is -2.16.